The van der Waals surface area contributed by atoms with Gasteiger partial charge in [-0.2, -0.15) is 0 Å². The zero-order valence-corrected chi connectivity index (χ0v) is 48.7. The predicted octanol–water partition coefficient (Wildman–Crippen LogP) is 16.1. The Labute approximate surface area is 468 Å². The quantitative estimate of drug-likeness (QED) is 0.0228. The molecule has 1 heterocycles. The second-order valence-corrected chi connectivity index (χ2v) is 21.0. The van der Waals surface area contributed by atoms with E-state index < -0.39 is 67.3 Å². The number of aliphatic hydroxyl groups excluding tert-OH is 2. The average Bonchev–Trinajstić information content (AvgIpc) is 3.43. The maximum atomic E-state index is 13.2. The van der Waals surface area contributed by atoms with Gasteiger partial charge in [0.05, 0.1) is 6.61 Å². The summed E-state index contributed by atoms with van der Waals surface area (Å²) in [5.74, 6) is -3.17. The molecule has 0 aromatic rings. The second kappa shape index (κ2) is 52.8. The van der Waals surface area contributed by atoms with Gasteiger partial charge in [0.25, 0.3) is 0 Å². The minimum atomic E-state index is -1.92. The number of aliphatic carboxylic acids is 1. The van der Waals surface area contributed by atoms with Crippen LogP contribution in [0.1, 0.15) is 265 Å². The zero-order chi connectivity index (χ0) is 56.1. The lowest BCUT2D eigenvalue weighted by Gasteiger charge is -2.40. The summed E-state index contributed by atoms with van der Waals surface area (Å²) in [6, 6.07) is 0. The van der Waals surface area contributed by atoms with Gasteiger partial charge in [-0.05, 0) is 89.9 Å². The number of hydrogen-bond acceptors (Lipinski definition) is 11. The van der Waals surface area contributed by atoms with Crippen molar-refractivity contribution in [1.29, 1.82) is 0 Å². The number of rotatable bonds is 52. The molecule has 442 valence electrons. The van der Waals surface area contributed by atoms with Crippen LogP contribution >= 0.6 is 0 Å². The minimum Gasteiger partial charge on any atom is -0.479 e. The molecule has 77 heavy (non-hydrogen) atoms. The minimum absolute atomic E-state index is 0.00693. The highest BCUT2D eigenvalue weighted by Gasteiger charge is 2.50. The van der Waals surface area contributed by atoms with Crippen LogP contribution < -0.4 is 0 Å². The summed E-state index contributed by atoms with van der Waals surface area (Å²) >= 11 is 0. The first-order valence-electron chi connectivity index (χ1n) is 30.9. The molecule has 12 heteroatoms. The molecule has 0 aromatic heterocycles. The van der Waals surface area contributed by atoms with Gasteiger partial charge in [0, 0.05) is 19.3 Å². The smallest absolute Gasteiger partial charge is 0.335 e. The second-order valence-electron chi connectivity index (χ2n) is 21.0. The Hall–Kier alpha value is -3.84. The molecule has 12 nitrogen and oxygen atoms in total. The fraction of sp³-hybridized carbons (Fsp3) is 0.754. The van der Waals surface area contributed by atoms with E-state index >= 15 is 0 Å². The van der Waals surface area contributed by atoms with Gasteiger partial charge in [-0.3, -0.25) is 14.4 Å². The standard InChI is InChI=1S/C65H110O12/c1-4-7-10-13-16-19-22-25-28-29-32-33-36-39-42-45-48-51-57(66)73-54-56(75-58(67)52-49-46-43-40-37-34-30-26-23-20-17-14-11-8-5-2)55-74-65-63(61(70)60(69)62(77-65)64(71)72)76-59(68)53-50-47-44-41-38-35-31-27-24-21-18-15-12-9-6-3/h9,12,16,18-19,21,25,27-28,31,38,41,56,60-63,65,69-70H,4-8,10-11,13-15,17,20,22-24,26,29-30,32-37,39-40,42-55H2,1-3H3,(H,71,72)/b12-9-,19-16-,21-18-,28-25-,31-27-,41-38-. The van der Waals surface area contributed by atoms with E-state index in [2.05, 4.69) is 93.7 Å². The van der Waals surface area contributed by atoms with Crippen LogP contribution in [0.5, 0.6) is 0 Å². The third kappa shape index (κ3) is 42.7. The number of allylic oxidation sites excluding steroid dienone is 12. The van der Waals surface area contributed by atoms with E-state index in [1.54, 1.807) is 0 Å². The van der Waals surface area contributed by atoms with Crippen LogP contribution in [-0.4, -0.2) is 89.2 Å². The number of ether oxygens (including phenoxy) is 5. The first-order valence-corrected chi connectivity index (χ1v) is 30.9. The molecule has 1 fully saturated rings. The highest BCUT2D eigenvalue weighted by atomic mass is 16.7. The van der Waals surface area contributed by atoms with E-state index in [0.29, 0.717) is 25.7 Å². The number of esters is 3. The number of carbonyl (C=O) groups is 4. The Morgan fingerprint density at radius 1 is 0.442 bits per heavy atom. The highest BCUT2D eigenvalue weighted by molar-refractivity contribution is 5.74. The fourth-order valence-electron chi connectivity index (χ4n) is 9.04. The van der Waals surface area contributed by atoms with Gasteiger partial charge in [-0.15, -0.1) is 0 Å². The van der Waals surface area contributed by atoms with Crippen molar-refractivity contribution in [2.75, 3.05) is 13.2 Å². The molecule has 0 spiro atoms. The molecule has 0 bridgehead atoms. The lowest BCUT2D eigenvalue weighted by molar-refractivity contribution is -0.301. The maximum absolute atomic E-state index is 13.2. The van der Waals surface area contributed by atoms with Crippen LogP contribution in [-0.2, 0) is 42.9 Å². The Morgan fingerprint density at radius 3 is 1.30 bits per heavy atom. The van der Waals surface area contributed by atoms with Crippen molar-refractivity contribution in [1.82, 2.24) is 0 Å². The maximum Gasteiger partial charge on any atom is 0.335 e. The Morgan fingerprint density at radius 2 is 0.818 bits per heavy atom. The molecule has 0 amide bonds. The van der Waals surface area contributed by atoms with Crippen molar-refractivity contribution < 1.29 is 58.2 Å². The van der Waals surface area contributed by atoms with Gasteiger partial charge in [0.15, 0.2) is 24.6 Å². The summed E-state index contributed by atoms with van der Waals surface area (Å²) in [5.41, 5.74) is 0. The lowest BCUT2D eigenvalue weighted by atomic mass is 9.98. The molecule has 0 radical (unpaired) electrons. The molecule has 0 saturated carbocycles. The molecule has 1 rings (SSSR count). The molecule has 6 unspecified atom stereocenters. The SMILES string of the molecule is CC/C=C\C/C=C\C/C=C\C/C=C\CCCCC(=O)OC1C(OCC(COC(=O)CCCCCCCCC/C=C\C/C=C\CCCCC)OC(=O)CCCCCCCCCCCCCCCCC)OC(C(=O)O)C(O)C1O. The molecule has 1 saturated heterocycles. The number of aliphatic hydroxyl groups is 2. The first kappa shape index (κ1) is 71.2. The van der Waals surface area contributed by atoms with Crippen molar-refractivity contribution >= 4 is 23.9 Å². The number of hydrogen-bond donors (Lipinski definition) is 3. The summed E-state index contributed by atoms with van der Waals surface area (Å²) in [6.45, 7) is 5.85. The number of carboxylic acid groups (broad SMARTS) is 1. The van der Waals surface area contributed by atoms with Crippen molar-refractivity contribution in [3.8, 4) is 0 Å². The normalized spacial score (nSPS) is 18.5. The van der Waals surface area contributed by atoms with Gasteiger partial charge in [-0.1, -0.05) is 229 Å². The summed E-state index contributed by atoms with van der Waals surface area (Å²) in [5, 5.41) is 31.5. The average molecular weight is 1080 g/mol. The lowest BCUT2D eigenvalue weighted by Crippen LogP contribution is -2.61. The predicted molar refractivity (Wildman–Crippen MR) is 312 cm³/mol. The van der Waals surface area contributed by atoms with Gasteiger partial charge < -0.3 is 39.0 Å². The molecular formula is C65H110O12. The topological polar surface area (TPSA) is 175 Å². The summed E-state index contributed by atoms with van der Waals surface area (Å²) in [6.07, 6.45) is 54.4. The molecular weight excluding hydrogens is 973 g/mol. The molecule has 3 N–H and O–H groups in total. The third-order valence-electron chi connectivity index (χ3n) is 13.8. The van der Waals surface area contributed by atoms with Crippen LogP contribution in [0.15, 0.2) is 72.9 Å². The number of carboxylic acids is 1. The summed E-state index contributed by atoms with van der Waals surface area (Å²) < 4.78 is 28.4. The Bertz CT molecular complexity index is 1620. The van der Waals surface area contributed by atoms with Crippen molar-refractivity contribution in [3.05, 3.63) is 72.9 Å². The zero-order valence-electron chi connectivity index (χ0n) is 48.7. The van der Waals surface area contributed by atoms with Crippen LogP contribution in [0.4, 0.5) is 0 Å². The fourth-order valence-corrected chi connectivity index (χ4v) is 9.04. The van der Waals surface area contributed by atoms with E-state index in [-0.39, 0.29) is 25.9 Å². The molecule has 0 aliphatic carbocycles. The first-order chi connectivity index (χ1) is 37.6. The van der Waals surface area contributed by atoms with Crippen LogP contribution in [0.3, 0.4) is 0 Å². The number of unbranched alkanes of at least 4 members (excludes halogenated alkanes) is 26. The van der Waals surface area contributed by atoms with Crippen molar-refractivity contribution in [2.45, 2.75) is 302 Å². The van der Waals surface area contributed by atoms with Crippen LogP contribution in [0, 0.1) is 0 Å². The van der Waals surface area contributed by atoms with Gasteiger partial charge in [-0.25, -0.2) is 4.79 Å². The van der Waals surface area contributed by atoms with E-state index in [9.17, 15) is 34.5 Å². The van der Waals surface area contributed by atoms with Gasteiger partial charge in [0.2, 0.25) is 0 Å². The van der Waals surface area contributed by atoms with Crippen LogP contribution in [0.2, 0.25) is 0 Å². The van der Waals surface area contributed by atoms with E-state index in [0.717, 1.165) is 89.9 Å². The highest BCUT2D eigenvalue weighted by Crippen LogP contribution is 2.26. The molecule has 6 atom stereocenters. The van der Waals surface area contributed by atoms with E-state index in [1.165, 1.54) is 109 Å². The third-order valence-corrected chi connectivity index (χ3v) is 13.8. The number of carbonyl (C=O) groups excluding carboxylic acids is 3. The van der Waals surface area contributed by atoms with E-state index in [4.69, 9.17) is 23.7 Å². The Kier molecular flexibility index (Phi) is 48.8. The summed E-state index contributed by atoms with van der Waals surface area (Å²) in [4.78, 5) is 51.2. The monoisotopic (exact) mass is 1080 g/mol. The van der Waals surface area contributed by atoms with Crippen LogP contribution in [0.25, 0.3) is 0 Å². The van der Waals surface area contributed by atoms with Gasteiger partial charge >= 0.3 is 23.9 Å². The molecule has 1 aliphatic rings. The van der Waals surface area contributed by atoms with E-state index in [1.807, 2.05) is 0 Å². The van der Waals surface area contributed by atoms with Gasteiger partial charge in [0.1, 0.15) is 18.8 Å². The summed E-state index contributed by atoms with van der Waals surface area (Å²) in [7, 11) is 0. The largest absolute Gasteiger partial charge is 0.479 e. The Balaban J connectivity index is 2.70. The molecule has 0 aromatic carbocycles. The molecule has 1 aliphatic heterocycles. The van der Waals surface area contributed by atoms with Crippen molar-refractivity contribution in [3.63, 3.8) is 0 Å². The van der Waals surface area contributed by atoms with Crippen molar-refractivity contribution in [2.24, 2.45) is 0 Å².